The summed E-state index contributed by atoms with van der Waals surface area (Å²) in [7, 11) is -4.13. The predicted octanol–water partition coefficient (Wildman–Crippen LogP) is 4.53. The topological polar surface area (TPSA) is 54.4 Å². The van der Waals surface area contributed by atoms with Crippen molar-refractivity contribution in [3.8, 4) is 0 Å². The van der Waals surface area contributed by atoms with E-state index in [0.29, 0.717) is 5.39 Å². The lowest BCUT2D eigenvalue weighted by Gasteiger charge is -2.02. The summed E-state index contributed by atoms with van der Waals surface area (Å²) in [6, 6.07) is 11.8. The highest BCUT2D eigenvalue weighted by Crippen LogP contribution is 2.21. The van der Waals surface area contributed by atoms with Gasteiger partial charge < -0.3 is 0 Å². The van der Waals surface area contributed by atoms with E-state index in [-0.39, 0.29) is 4.90 Å². The highest BCUT2D eigenvalue weighted by Gasteiger charge is 2.12. The second-order valence-corrected chi connectivity index (χ2v) is 5.05. The van der Waals surface area contributed by atoms with Crippen LogP contribution in [0.5, 0.6) is 0 Å². The lowest BCUT2D eigenvalue weighted by molar-refractivity contribution is 0.484. The third-order valence-electron chi connectivity index (χ3n) is 2.03. The second kappa shape index (κ2) is 8.67. The van der Waals surface area contributed by atoms with Crippen LogP contribution in [0.4, 0.5) is 0 Å². The number of fused-ring (bicyclic) bond motifs is 1. The summed E-state index contributed by atoms with van der Waals surface area (Å²) >= 11 is 0. The summed E-state index contributed by atoms with van der Waals surface area (Å²) in [5.41, 5.74) is 0. The van der Waals surface area contributed by atoms with E-state index in [4.69, 9.17) is 4.55 Å². The summed E-state index contributed by atoms with van der Waals surface area (Å²) < 4.78 is 31.0. The number of rotatable bonds is 1. The molecule has 0 fully saturated rings. The maximum absolute atomic E-state index is 11.0. The standard InChI is InChI=1S/C10H8O3S.C3H8.C2H6/c11-14(12,13)10-7-3-5-8-4-1-2-6-9(8)10;1-3-2;1-2/h1-7H,(H,11,12,13);3H2,1-2H3;1-2H3. The molecule has 0 atom stereocenters. The van der Waals surface area contributed by atoms with Gasteiger partial charge in [-0.25, -0.2) is 0 Å². The van der Waals surface area contributed by atoms with E-state index < -0.39 is 10.1 Å². The SMILES string of the molecule is CC.CCC.O=S(=O)(O)c1cccc2ccccc12. The molecule has 0 bridgehead atoms. The molecule has 0 aliphatic heterocycles. The maximum Gasteiger partial charge on any atom is 0.295 e. The quantitative estimate of drug-likeness (QED) is 0.782. The van der Waals surface area contributed by atoms with Gasteiger partial charge in [-0.05, 0) is 11.5 Å². The van der Waals surface area contributed by atoms with Crippen LogP contribution in [-0.4, -0.2) is 13.0 Å². The zero-order valence-corrected chi connectivity index (χ0v) is 12.7. The molecule has 2 aromatic rings. The molecule has 3 nitrogen and oxygen atoms in total. The summed E-state index contributed by atoms with van der Waals surface area (Å²) in [5.74, 6) is 0. The Morgan fingerprint density at radius 1 is 0.947 bits per heavy atom. The van der Waals surface area contributed by atoms with Gasteiger partial charge in [0.2, 0.25) is 0 Å². The molecule has 0 spiro atoms. The molecule has 0 aromatic heterocycles. The molecule has 2 rings (SSSR count). The van der Waals surface area contributed by atoms with Gasteiger partial charge in [0.05, 0.1) is 0 Å². The molecular formula is C15H22O3S. The van der Waals surface area contributed by atoms with E-state index in [9.17, 15) is 8.42 Å². The Bertz CT molecular complexity index is 584. The van der Waals surface area contributed by atoms with Gasteiger partial charge in [-0.1, -0.05) is 70.5 Å². The first kappa shape index (κ1) is 17.6. The van der Waals surface area contributed by atoms with Crippen molar-refractivity contribution in [1.82, 2.24) is 0 Å². The lowest BCUT2D eigenvalue weighted by Crippen LogP contribution is -1.98. The Balaban J connectivity index is 0.000000573. The van der Waals surface area contributed by atoms with Crippen LogP contribution in [0, 0.1) is 0 Å². The van der Waals surface area contributed by atoms with E-state index in [1.54, 1.807) is 30.3 Å². The van der Waals surface area contributed by atoms with Crippen molar-refractivity contribution in [2.24, 2.45) is 0 Å². The molecule has 1 N–H and O–H groups in total. The van der Waals surface area contributed by atoms with Crippen LogP contribution in [-0.2, 0) is 10.1 Å². The maximum atomic E-state index is 11.0. The fourth-order valence-corrected chi connectivity index (χ4v) is 2.13. The Labute approximate surface area is 116 Å². The zero-order chi connectivity index (χ0) is 14.9. The third-order valence-corrected chi connectivity index (χ3v) is 2.94. The predicted molar refractivity (Wildman–Crippen MR) is 81.1 cm³/mol. The van der Waals surface area contributed by atoms with Gasteiger partial charge >= 0.3 is 0 Å². The van der Waals surface area contributed by atoms with E-state index in [1.807, 2.05) is 19.9 Å². The Morgan fingerprint density at radius 2 is 1.42 bits per heavy atom. The van der Waals surface area contributed by atoms with Gasteiger partial charge in [0.25, 0.3) is 10.1 Å². The summed E-state index contributed by atoms with van der Waals surface area (Å²) in [6.45, 7) is 8.25. The van der Waals surface area contributed by atoms with Gasteiger partial charge in [0, 0.05) is 5.39 Å². The Morgan fingerprint density at radius 3 is 1.95 bits per heavy atom. The molecule has 0 aliphatic carbocycles. The summed E-state index contributed by atoms with van der Waals surface area (Å²) in [5, 5.41) is 1.33. The Kier molecular flexibility index (Phi) is 8.03. The summed E-state index contributed by atoms with van der Waals surface area (Å²) in [6.07, 6.45) is 1.25. The average molecular weight is 282 g/mol. The largest absolute Gasteiger partial charge is 0.295 e. The normalized spacial score (nSPS) is 9.95. The Hall–Kier alpha value is -1.39. The number of hydrogen-bond donors (Lipinski definition) is 1. The van der Waals surface area contributed by atoms with Crippen LogP contribution in [0.25, 0.3) is 10.8 Å². The van der Waals surface area contributed by atoms with Crippen molar-refractivity contribution in [2.75, 3.05) is 0 Å². The van der Waals surface area contributed by atoms with Gasteiger partial charge in [0.15, 0.2) is 0 Å². The minimum atomic E-state index is -4.13. The summed E-state index contributed by atoms with van der Waals surface area (Å²) in [4.78, 5) is -0.0457. The molecule has 0 aliphatic rings. The van der Waals surface area contributed by atoms with Crippen LogP contribution in [0.3, 0.4) is 0 Å². The molecule has 0 heterocycles. The molecular weight excluding hydrogens is 260 g/mol. The van der Waals surface area contributed by atoms with E-state index in [0.717, 1.165) is 5.39 Å². The molecule has 19 heavy (non-hydrogen) atoms. The molecule has 0 unspecified atom stereocenters. The monoisotopic (exact) mass is 282 g/mol. The number of hydrogen-bond acceptors (Lipinski definition) is 2. The fourth-order valence-electron chi connectivity index (χ4n) is 1.42. The van der Waals surface area contributed by atoms with Gasteiger partial charge in [0.1, 0.15) is 4.90 Å². The van der Waals surface area contributed by atoms with Crippen molar-refractivity contribution < 1.29 is 13.0 Å². The fraction of sp³-hybridized carbons (Fsp3) is 0.333. The highest BCUT2D eigenvalue weighted by atomic mass is 32.2. The van der Waals surface area contributed by atoms with E-state index >= 15 is 0 Å². The van der Waals surface area contributed by atoms with E-state index in [2.05, 4.69) is 13.8 Å². The van der Waals surface area contributed by atoms with Gasteiger partial charge in [-0.3, -0.25) is 4.55 Å². The lowest BCUT2D eigenvalue weighted by atomic mass is 10.1. The van der Waals surface area contributed by atoms with Crippen LogP contribution in [0.2, 0.25) is 0 Å². The second-order valence-electron chi connectivity index (χ2n) is 3.66. The van der Waals surface area contributed by atoms with Crippen molar-refractivity contribution >= 4 is 20.9 Å². The van der Waals surface area contributed by atoms with Crippen molar-refractivity contribution in [2.45, 2.75) is 39.0 Å². The molecule has 2 aromatic carbocycles. The van der Waals surface area contributed by atoms with Gasteiger partial charge in [-0.15, -0.1) is 0 Å². The number of benzene rings is 2. The van der Waals surface area contributed by atoms with Crippen LogP contribution >= 0.6 is 0 Å². The van der Waals surface area contributed by atoms with Crippen molar-refractivity contribution in [3.05, 3.63) is 42.5 Å². The average Bonchev–Trinajstić information content (AvgIpc) is 2.40. The smallest absolute Gasteiger partial charge is 0.282 e. The van der Waals surface area contributed by atoms with Gasteiger partial charge in [-0.2, -0.15) is 8.42 Å². The van der Waals surface area contributed by atoms with Crippen molar-refractivity contribution in [1.29, 1.82) is 0 Å². The zero-order valence-electron chi connectivity index (χ0n) is 11.9. The minimum Gasteiger partial charge on any atom is -0.282 e. The van der Waals surface area contributed by atoms with Crippen LogP contribution < -0.4 is 0 Å². The third kappa shape index (κ3) is 5.41. The first-order valence-electron chi connectivity index (χ1n) is 6.46. The highest BCUT2D eigenvalue weighted by molar-refractivity contribution is 7.86. The first-order chi connectivity index (χ1) is 9.00. The van der Waals surface area contributed by atoms with Crippen LogP contribution in [0.1, 0.15) is 34.1 Å². The molecule has 106 valence electrons. The minimum absolute atomic E-state index is 0.0457. The van der Waals surface area contributed by atoms with Crippen LogP contribution in [0.15, 0.2) is 47.4 Å². The molecule has 0 saturated heterocycles. The molecule has 4 heteroatoms. The van der Waals surface area contributed by atoms with Crippen molar-refractivity contribution in [3.63, 3.8) is 0 Å². The first-order valence-corrected chi connectivity index (χ1v) is 7.90. The molecule has 0 radical (unpaired) electrons. The molecule has 0 amide bonds. The molecule has 0 saturated carbocycles. The van der Waals surface area contributed by atoms with E-state index in [1.165, 1.54) is 12.5 Å².